The van der Waals surface area contributed by atoms with Crippen LogP contribution in [0.4, 0.5) is 0 Å². The second-order valence-electron chi connectivity index (χ2n) is 5.37. The SMILES string of the molecule is Cn1ncc(C(=O)NC2CCC(=O)NC2=O)c1-c1ccccc1. The van der Waals surface area contributed by atoms with E-state index in [9.17, 15) is 14.4 Å². The minimum atomic E-state index is -0.705. The molecule has 118 valence electrons. The third kappa shape index (κ3) is 2.98. The van der Waals surface area contributed by atoms with Crippen molar-refractivity contribution in [2.24, 2.45) is 7.05 Å². The van der Waals surface area contributed by atoms with Gasteiger partial charge in [-0.1, -0.05) is 30.3 Å². The molecular formula is C16H16N4O3. The minimum absolute atomic E-state index is 0.218. The van der Waals surface area contributed by atoms with Crippen molar-refractivity contribution in [3.05, 3.63) is 42.1 Å². The average Bonchev–Trinajstić information content (AvgIpc) is 2.92. The quantitative estimate of drug-likeness (QED) is 0.813. The van der Waals surface area contributed by atoms with Crippen molar-refractivity contribution in [1.82, 2.24) is 20.4 Å². The van der Waals surface area contributed by atoms with Crippen LogP contribution < -0.4 is 10.6 Å². The smallest absolute Gasteiger partial charge is 0.255 e. The van der Waals surface area contributed by atoms with E-state index in [1.807, 2.05) is 30.3 Å². The predicted octanol–water partition coefficient (Wildman–Crippen LogP) is 0.622. The zero-order valence-electron chi connectivity index (χ0n) is 12.6. The van der Waals surface area contributed by atoms with Crippen LogP contribution in [-0.4, -0.2) is 33.5 Å². The number of aromatic nitrogens is 2. The third-order valence-electron chi connectivity index (χ3n) is 3.78. The zero-order valence-corrected chi connectivity index (χ0v) is 12.6. The van der Waals surface area contributed by atoms with E-state index >= 15 is 0 Å². The Bertz CT molecular complexity index is 767. The highest BCUT2D eigenvalue weighted by Gasteiger charge is 2.29. The molecule has 1 aliphatic heterocycles. The summed E-state index contributed by atoms with van der Waals surface area (Å²) >= 11 is 0. The maximum atomic E-state index is 12.5. The molecule has 1 aromatic heterocycles. The van der Waals surface area contributed by atoms with Crippen molar-refractivity contribution in [1.29, 1.82) is 0 Å². The fourth-order valence-corrected chi connectivity index (χ4v) is 2.61. The number of hydrogen-bond acceptors (Lipinski definition) is 4. The average molecular weight is 312 g/mol. The van der Waals surface area contributed by atoms with Gasteiger partial charge in [0.05, 0.1) is 17.5 Å². The first-order valence-electron chi connectivity index (χ1n) is 7.28. The summed E-state index contributed by atoms with van der Waals surface area (Å²) in [5.74, 6) is -1.17. The van der Waals surface area contributed by atoms with E-state index in [1.165, 1.54) is 6.20 Å². The monoisotopic (exact) mass is 312 g/mol. The fraction of sp³-hybridized carbons (Fsp3) is 0.250. The molecule has 0 bridgehead atoms. The number of carbonyl (C=O) groups is 3. The van der Waals surface area contributed by atoms with Crippen LogP contribution in [0.15, 0.2) is 36.5 Å². The first-order chi connectivity index (χ1) is 11.1. The molecule has 7 nitrogen and oxygen atoms in total. The summed E-state index contributed by atoms with van der Waals surface area (Å²) in [6.45, 7) is 0. The molecule has 3 amide bonds. The molecule has 0 radical (unpaired) electrons. The van der Waals surface area contributed by atoms with E-state index in [2.05, 4.69) is 15.7 Å². The van der Waals surface area contributed by atoms with Gasteiger partial charge in [-0.2, -0.15) is 5.10 Å². The third-order valence-corrected chi connectivity index (χ3v) is 3.78. The number of imide groups is 1. The second kappa shape index (κ2) is 6.04. The van der Waals surface area contributed by atoms with E-state index in [1.54, 1.807) is 11.7 Å². The van der Waals surface area contributed by atoms with Gasteiger partial charge < -0.3 is 5.32 Å². The summed E-state index contributed by atoms with van der Waals surface area (Å²) in [5, 5.41) is 9.04. The number of nitrogens with zero attached hydrogens (tertiary/aromatic N) is 2. The zero-order chi connectivity index (χ0) is 16.4. The summed E-state index contributed by atoms with van der Waals surface area (Å²) in [4.78, 5) is 35.4. The van der Waals surface area contributed by atoms with E-state index in [4.69, 9.17) is 0 Å². The van der Waals surface area contributed by atoms with Gasteiger partial charge in [0.2, 0.25) is 11.8 Å². The topological polar surface area (TPSA) is 93.1 Å². The Balaban J connectivity index is 1.84. The van der Waals surface area contributed by atoms with Crippen molar-refractivity contribution in [3.8, 4) is 11.3 Å². The summed E-state index contributed by atoms with van der Waals surface area (Å²) in [6, 6.07) is 8.72. The Morgan fingerprint density at radius 2 is 2.04 bits per heavy atom. The highest BCUT2D eigenvalue weighted by Crippen LogP contribution is 2.23. The molecule has 2 N–H and O–H groups in total. The standard InChI is InChI=1S/C16H16N4O3/c1-20-14(10-5-3-2-4-6-10)11(9-17-20)15(22)18-12-7-8-13(21)19-16(12)23/h2-6,9,12H,7-8H2,1H3,(H,18,22)(H,19,21,23). The molecular weight excluding hydrogens is 296 g/mol. The minimum Gasteiger partial charge on any atom is -0.340 e. The van der Waals surface area contributed by atoms with Crippen molar-refractivity contribution in [2.45, 2.75) is 18.9 Å². The number of rotatable bonds is 3. The van der Waals surface area contributed by atoms with Gasteiger partial charge in [-0.25, -0.2) is 0 Å². The molecule has 23 heavy (non-hydrogen) atoms. The van der Waals surface area contributed by atoms with Crippen molar-refractivity contribution in [2.75, 3.05) is 0 Å². The Morgan fingerprint density at radius 1 is 1.30 bits per heavy atom. The first kappa shape index (κ1) is 15.0. The predicted molar refractivity (Wildman–Crippen MR) is 82.3 cm³/mol. The molecule has 2 heterocycles. The first-order valence-corrected chi connectivity index (χ1v) is 7.28. The van der Waals surface area contributed by atoms with Crippen LogP contribution in [0.2, 0.25) is 0 Å². The van der Waals surface area contributed by atoms with E-state index in [0.29, 0.717) is 17.7 Å². The molecule has 1 aliphatic rings. The van der Waals surface area contributed by atoms with Crippen LogP contribution in [0.1, 0.15) is 23.2 Å². The number of piperidine rings is 1. The molecule has 2 aromatic rings. The fourth-order valence-electron chi connectivity index (χ4n) is 2.61. The van der Waals surface area contributed by atoms with Crippen LogP contribution in [0.25, 0.3) is 11.3 Å². The maximum Gasteiger partial charge on any atom is 0.255 e. The van der Waals surface area contributed by atoms with Gasteiger partial charge in [0.15, 0.2) is 0 Å². The molecule has 0 saturated carbocycles. The van der Waals surface area contributed by atoms with Gasteiger partial charge in [-0.3, -0.25) is 24.4 Å². The van der Waals surface area contributed by atoms with Crippen LogP contribution in [0.5, 0.6) is 0 Å². The Kier molecular flexibility index (Phi) is 3.92. The summed E-state index contributed by atoms with van der Waals surface area (Å²) in [5.41, 5.74) is 1.93. The summed E-state index contributed by atoms with van der Waals surface area (Å²) in [6.07, 6.45) is 2.00. The van der Waals surface area contributed by atoms with Gasteiger partial charge in [0.25, 0.3) is 5.91 Å². The van der Waals surface area contributed by atoms with Gasteiger partial charge in [-0.05, 0) is 6.42 Å². The number of nitrogens with one attached hydrogen (secondary N) is 2. The number of carbonyl (C=O) groups excluding carboxylic acids is 3. The molecule has 0 aliphatic carbocycles. The molecule has 1 aromatic carbocycles. The van der Waals surface area contributed by atoms with Crippen molar-refractivity contribution in [3.63, 3.8) is 0 Å². The van der Waals surface area contributed by atoms with Crippen molar-refractivity contribution >= 4 is 17.7 Å². The van der Waals surface area contributed by atoms with Gasteiger partial charge in [0, 0.05) is 19.0 Å². The lowest BCUT2D eigenvalue weighted by Gasteiger charge is -2.21. The number of amides is 3. The summed E-state index contributed by atoms with van der Waals surface area (Å²) < 4.78 is 1.62. The number of hydrogen-bond donors (Lipinski definition) is 2. The van der Waals surface area contributed by atoms with Gasteiger partial charge in [-0.15, -0.1) is 0 Å². The van der Waals surface area contributed by atoms with Gasteiger partial charge in [0.1, 0.15) is 6.04 Å². The molecule has 1 fully saturated rings. The molecule has 7 heteroatoms. The second-order valence-corrected chi connectivity index (χ2v) is 5.37. The summed E-state index contributed by atoms with van der Waals surface area (Å²) in [7, 11) is 1.76. The van der Waals surface area contributed by atoms with Crippen LogP contribution in [0.3, 0.4) is 0 Å². The van der Waals surface area contributed by atoms with E-state index < -0.39 is 11.9 Å². The molecule has 3 rings (SSSR count). The van der Waals surface area contributed by atoms with E-state index in [-0.39, 0.29) is 18.2 Å². The lowest BCUT2D eigenvalue weighted by Crippen LogP contribution is -2.52. The molecule has 1 atom stereocenters. The molecule has 1 unspecified atom stereocenters. The highest BCUT2D eigenvalue weighted by atomic mass is 16.2. The Labute approximate surface area is 132 Å². The van der Waals surface area contributed by atoms with E-state index in [0.717, 1.165) is 5.56 Å². The van der Waals surface area contributed by atoms with Crippen molar-refractivity contribution < 1.29 is 14.4 Å². The van der Waals surface area contributed by atoms with Gasteiger partial charge >= 0.3 is 0 Å². The normalized spacial score (nSPS) is 17.7. The highest BCUT2D eigenvalue weighted by molar-refractivity contribution is 6.05. The lowest BCUT2D eigenvalue weighted by molar-refractivity contribution is -0.134. The largest absolute Gasteiger partial charge is 0.340 e. The Morgan fingerprint density at radius 3 is 2.74 bits per heavy atom. The van der Waals surface area contributed by atoms with Crippen LogP contribution in [0, 0.1) is 0 Å². The molecule has 0 spiro atoms. The van der Waals surface area contributed by atoms with Crippen LogP contribution in [-0.2, 0) is 16.6 Å². The Hall–Kier alpha value is -2.96. The number of aryl methyl sites for hydroxylation is 1. The number of benzene rings is 1. The van der Waals surface area contributed by atoms with Crippen LogP contribution >= 0.6 is 0 Å². The maximum absolute atomic E-state index is 12.5. The lowest BCUT2D eigenvalue weighted by atomic mass is 10.0. The molecule has 1 saturated heterocycles.